The molecule has 0 fully saturated rings. The molecule has 0 bridgehead atoms. The first-order valence-corrected chi connectivity index (χ1v) is 5.49. The number of pyridine rings is 1. The molecule has 16 heavy (non-hydrogen) atoms. The predicted molar refractivity (Wildman–Crippen MR) is 68.1 cm³/mol. The molecule has 0 amide bonds. The van der Waals surface area contributed by atoms with Gasteiger partial charge in [0, 0.05) is 16.7 Å². The van der Waals surface area contributed by atoms with Gasteiger partial charge in [-0.15, -0.1) is 12.6 Å². The molecule has 5 heteroatoms. The summed E-state index contributed by atoms with van der Waals surface area (Å²) in [6, 6.07) is 9.52. The van der Waals surface area contributed by atoms with Crippen LogP contribution in [0.25, 0.3) is 11.1 Å². The van der Waals surface area contributed by atoms with Gasteiger partial charge in [0.05, 0.1) is 5.02 Å². The summed E-state index contributed by atoms with van der Waals surface area (Å²) in [6.45, 7) is 0. The normalized spacial score (nSPS) is 9.69. The molecule has 78 valence electrons. The fourth-order valence-corrected chi connectivity index (χ4v) is 1.98. The molecule has 1 heterocycles. The van der Waals surface area contributed by atoms with Crippen LogP contribution in [0.15, 0.2) is 41.4 Å². The molecule has 0 N–H and O–H groups in total. The van der Waals surface area contributed by atoms with Crippen molar-refractivity contribution in [2.75, 3.05) is 0 Å². The molecule has 1 aromatic heterocycles. The number of thiol groups is 1. The zero-order chi connectivity index (χ0) is 10.8. The Balaban J connectivity index is 0.00000128. The smallest absolute Gasteiger partial charge is 1.00 e. The molecule has 0 unspecified atom stereocenters. The van der Waals surface area contributed by atoms with Crippen LogP contribution in [0.5, 0.6) is 0 Å². The maximum Gasteiger partial charge on any atom is 1.00 e. The maximum atomic E-state index is 6.07. The van der Waals surface area contributed by atoms with Crippen LogP contribution in [-0.4, -0.2) is 4.98 Å². The summed E-state index contributed by atoms with van der Waals surface area (Å²) >= 11 is 16.3. The number of hydrogen-bond acceptors (Lipinski definition) is 2. The maximum absolute atomic E-state index is 6.07. The summed E-state index contributed by atoms with van der Waals surface area (Å²) in [6.07, 6.45) is 1.63. The molecule has 0 aliphatic rings. The van der Waals surface area contributed by atoms with Gasteiger partial charge in [-0.25, -0.2) is 4.98 Å². The van der Waals surface area contributed by atoms with E-state index in [0.717, 1.165) is 16.0 Å². The van der Waals surface area contributed by atoms with Crippen molar-refractivity contribution >= 4 is 35.8 Å². The molecule has 0 saturated heterocycles. The minimum absolute atomic E-state index is 0. The fraction of sp³-hybridized carbons (Fsp3) is 0. The molecular weight excluding hydrogens is 272 g/mol. The van der Waals surface area contributed by atoms with Crippen molar-refractivity contribution in [3.05, 3.63) is 46.7 Å². The molecule has 1 nitrogen and oxygen atoms in total. The van der Waals surface area contributed by atoms with E-state index in [1.807, 2.05) is 30.3 Å². The van der Waals surface area contributed by atoms with Crippen molar-refractivity contribution in [1.29, 1.82) is 0 Å². The molecule has 0 aliphatic carbocycles. The quantitative estimate of drug-likeness (QED) is 0.474. The summed E-state index contributed by atoms with van der Waals surface area (Å²) < 4.78 is 0. The minimum Gasteiger partial charge on any atom is -1.00 e. The van der Waals surface area contributed by atoms with Gasteiger partial charge in [0.1, 0.15) is 5.15 Å². The van der Waals surface area contributed by atoms with Gasteiger partial charge in [-0.3, -0.25) is 0 Å². The molecular formula is C11H8Cl2NNaS. The summed E-state index contributed by atoms with van der Waals surface area (Å²) in [5, 5.41) is 0.770. The Bertz CT molecular complexity index is 511. The Labute approximate surface area is 133 Å². The third-order valence-corrected chi connectivity index (χ3v) is 3.20. The second-order valence-electron chi connectivity index (χ2n) is 2.98. The van der Waals surface area contributed by atoms with Gasteiger partial charge in [-0.05, 0) is 17.7 Å². The summed E-state index contributed by atoms with van der Waals surface area (Å²) in [4.78, 5) is 4.77. The van der Waals surface area contributed by atoms with Crippen LogP contribution in [0.1, 0.15) is 1.43 Å². The van der Waals surface area contributed by atoms with Crippen LogP contribution in [0.2, 0.25) is 10.2 Å². The first kappa shape index (κ1) is 14.4. The van der Waals surface area contributed by atoms with Gasteiger partial charge < -0.3 is 1.43 Å². The van der Waals surface area contributed by atoms with Crippen molar-refractivity contribution in [2.24, 2.45) is 0 Å². The first-order valence-electron chi connectivity index (χ1n) is 4.28. The first-order chi connectivity index (χ1) is 7.20. The molecule has 0 atom stereocenters. The molecule has 0 spiro atoms. The van der Waals surface area contributed by atoms with Crippen LogP contribution in [0.3, 0.4) is 0 Å². The van der Waals surface area contributed by atoms with Crippen molar-refractivity contribution in [3.63, 3.8) is 0 Å². The Morgan fingerprint density at radius 2 is 1.75 bits per heavy atom. The average Bonchev–Trinajstić information content (AvgIpc) is 2.23. The van der Waals surface area contributed by atoms with Gasteiger partial charge >= 0.3 is 29.6 Å². The van der Waals surface area contributed by atoms with Gasteiger partial charge in [-0.1, -0.05) is 41.4 Å². The Hall–Kier alpha value is 0.300. The van der Waals surface area contributed by atoms with E-state index in [9.17, 15) is 0 Å². The van der Waals surface area contributed by atoms with Gasteiger partial charge in [0.15, 0.2) is 0 Å². The number of aromatic nitrogens is 1. The zero-order valence-corrected chi connectivity index (χ0v) is 13.0. The van der Waals surface area contributed by atoms with Crippen LogP contribution in [0, 0.1) is 0 Å². The van der Waals surface area contributed by atoms with Crippen LogP contribution in [0.4, 0.5) is 0 Å². The molecule has 2 aromatic rings. The van der Waals surface area contributed by atoms with E-state index in [4.69, 9.17) is 23.2 Å². The van der Waals surface area contributed by atoms with E-state index < -0.39 is 0 Å². The number of halogens is 2. The standard InChI is InChI=1S/C11H7Cl2NS.Na.H/c12-10-8(5-6-14-11(10)13)7-3-1-2-4-9(7)15;;/h1-6,15H;;/q;+1;-1. The second-order valence-corrected chi connectivity index (χ2v) is 4.20. The van der Waals surface area contributed by atoms with E-state index in [2.05, 4.69) is 17.6 Å². The second kappa shape index (κ2) is 6.29. The molecule has 0 saturated carbocycles. The van der Waals surface area contributed by atoms with Crippen LogP contribution < -0.4 is 29.6 Å². The van der Waals surface area contributed by atoms with Crippen molar-refractivity contribution < 1.29 is 31.0 Å². The number of rotatable bonds is 1. The van der Waals surface area contributed by atoms with Crippen LogP contribution in [-0.2, 0) is 0 Å². The average molecular weight is 280 g/mol. The summed E-state index contributed by atoms with van der Waals surface area (Å²) in [5.41, 5.74) is 1.80. The minimum atomic E-state index is 0. The van der Waals surface area contributed by atoms with Crippen molar-refractivity contribution in [3.8, 4) is 11.1 Å². The van der Waals surface area contributed by atoms with E-state index in [1.54, 1.807) is 6.20 Å². The van der Waals surface area contributed by atoms with E-state index >= 15 is 0 Å². The monoisotopic (exact) mass is 279 g/mol. The number of hydrogen-bond donors (Lipinski definition) is 1. The Morgan fingerprint density at radius 3 is 2.44 bits per heavy atom. The molecule has 1 aromatic carbocycles. The molecule has 2 rings (SSSR count). The van der Waals surface area contributed by atoms with Gasteiger partial charge in [0.25, 0.3) is 0 Å². The SMILES string of the molecule is Sc1ccccc1-c1ccnc(Cl)c1Cl.[H-].[Na+]. The Kier molecular flexibility index (Phi) is 5.65. The van der Waals surface area contributed by atoms with Gasteiger partial charge in [-0.2, -0.15) is 0 Å². The van der Waals surface area contributed by atoms with E-state index in [-0.39, 0.29) is 31.0 Å². The largest absolute Gasteiger partial charge is 1.00 e. The van der Waals surface area contributed by atoms with E-state index in [1.165, 1.54) is 0 Å². The third kappa shape index (κ3) is 2.95. The van der Waals surface area contributed by atoms with E-state index in [0.29, 0.717) is 10.2 Å². The number of nitrogens with zero attached hydrogens (tertiary/aromatic N) is 1. The topological polar surface area (TPSA) is 12.9 Å². The van der Waals surface area contributed by atoms with Crippen molar-refractivity contribution in [1.82, 2.24) is 4.98 Å². The Morgan fingerprint density at radius 1 is 1.06 bits per heavy atom. The van der Waals surface area contributed by atoms with Gasteiger partial charge in [0.2, 0.25) is 0 Å². The predicted octanol–water partition coefficient (Wildman–Crippen LogP) is 1.46. The summed E-state index contributed by atoms with van der Waals surface area (Å²) in [7, 11) is 0. The molecule has 0 aliphatic heterocycles. The third-order valence-electron chi connectivity index (χ3n) is 2.04. The molecule has 0 radical (unpaired) electrons. The number of benzene rings is 1. The summed E-state index contributed by atoms with van der Waals surface area (Å²) in [5.74, 6) is 0. The van der Waals surface area contributed by atoms with Crippen LogP contribution >= 0.6 is 35.8 Å². The van der Waals surface area contributed by atoms with Crippen molar-refractivity contribution in [2.45, 2.75) is 4.90 Å². The zero-order valence-electron chi connectivity index (χ0n) is 9.61. The fourth-order valence-electron chi connectivity index (χ4n) is 1.33.